The SMILES string of the molecule is NCCCCC(NC(=O)C(N)CC(N)=O)C(=O)NC(Cc1cnc[nH]1)C(=O)NC(CC(N)=O)C(=O)O. The largest absolute Gasteiger partial charge is 0.480 e. The maximum atomic E-state index is 13.1. The van der Waals surface area contributed by atoms with Crippen LogP contribution < -0.4 is 38.9 Å². The van der Waals surface area contributed by atoms with Crippen LogP contribution >= 0.6 is 0 Å². The molecule has 0 radical (unpaired) electrons. The van der Waals surface area contributed by atoms with Crippen molar-refractivity contribution in [3.8, 4) is 0 Å². The molecule has 0 saturated heterocycles. The number of primary amides is 2. The van der Waals surface area contributed by atoms with Crippen LogP contribution in [0.25, 0.3) is 0 Å². The summed E-state index contributed by atoms with van der Waals surface area (Å²) in [6.07, 6.45) is 2.63. The van der Waals surface area contributed by atoms with Crippen LogP contribution in [0.5, 0.6) is 0 Å². The minimum atomic E-state index is -1.62. The summed E-state index contributed by atoms with van der Waals surface area (Å²) >= 11 is 0. The maximum Gasteiger partial charge on any atom is 0.326 e. The van der Waals surface area contributed by atoms with Gasteiger partial charge in [-0.25, -0.2) is 9.78 Å². The Kier molecular flexibility index (Phi) is 12.5. The Bertz CT molecular complexity index is 923. The molecule has 0 aliphatic carbocycles. The Hall–Kier alpha value is -4.05. The van der Waals surface area contributed by atoms with E-state index in [-0.39, 0.29) is 12.8 Å². The number of hydrogen-bond donors (Lipinski definition) is 9. The number of hydrogen-bond acceptors (Lipinski definition) is 9. The number of carboxylic acids is 1. The van der Waals surface area contributed by atoms with Gasteiger partial charge in [-0.3, -0.25) is 24.0 Å². The second kappa shape index (κ2) is 15.0. The average Bonchev–Trinajstić information content (AvgIpc) is 3.29. The number of nitrogens with zero attached hydrogens (tertiary/aromatic N) is 1. The van der Waals surface area contributed by atoms with Crippen LogP contribution in [0.4, 0.5) is 0 Å². The molecular formula is C20H33N9O7. The molecule has 1 rings (SSSR count). The van der Waals surface area contributed by atoms with Crippen LogP contribution in [0.3, 0.4) is 0 Å². The Morgan fingerprint density at radius 3 is 2.00 bits per heavy atom. The predicted molar refractivity (Wildman–Crippen MR) is 124 cm³/mol. The van der Waals surface area contributed by atoms with Crippen molar-refractivity contribution in [1.82, 2.24) is 25.9 Å². The minimum absolute atomic E-state index is 0.120. The molecule has 0 saturated carbocycles. The molecule has 0 aromatic carbocycles. The fourth-order valence-electron chi connectivity index (χ4n) is 3.12. The summed E-state index contributed by atoms with van der Waals surface area (Å²) in [5.74, 6) is -5.74. The van der Waals surface area contributed by atoms with E-state index in [1.807, 2.05) is 0 Å². The zero-order chi connectivity index (χ0) is 27.3. The lowest BCUT2D eigenvalue weighted by atomic mass is 10.0. The van der Waals surface area contributed by atoms with E-state index in [0.717, 1.165) is 0 Å². The molecule has 200 valence electrons. The molecule has 0 aliphatic rings. The zero-order valence-corrected chi connectivity index (χ0v) is 19.6. The predicted octanol–water partition coefficient (Wildman–Crippen LogP) is -4.30. The van der Waals surface area contributed by atoms with Gasteiger partial charge in [0.15, 0.2) is 0 Å². The summed E-state index contributed by atoms with van der Waals surface area (Å²) in [7, 11) is 0. The van der Waals surface area contributed by atoms with Gasteiger partial charge in [0.2, 0.25) is 29.5 Å². The third-order valence-electron chi connectivity index (χ3n) is 4.97. The van der Waals surface area contributed by atoms with E-state index in [1.165, 1.54) is 12.5 Å². The molecular weight excluding hydrogens is 478 g/mol. The van der Waals surface area contributed by atoms with Crippen LogP contribution in [0, 0.1) is 0 Å². The van der Waals surface area contributed by atoms with Gasteiger partial charge in [-0.05, 0) is 25.8 Å². The van der Waals surface area contributed by atoms with Crippen molar-refractivity contribution in [2.24, 2.45) is 22.9 Å². The molecule has 13 N–H and O–H groups in total. The van der Waals surface area contributed by atoms with Crippen LogP contribution in [0.2, 0.25) is 0 Å². The number of aromatic amines is 1. The molecule has 1 heterocycles. The van der Waals surface area contributed by atoms with Gasteiger partial charge in [0.05, 0.1) is 25.2 Å². The number of unbranched alkanes of at least 4 members (excludes halogenated alkanes) is 1. The number of aromatic nitrogens is 2. The summed E-state index contributed by atoms with van der Waals surface area (Å²) in [6.45, 7) is 0.338. The number of carboxylic acid groups (broad SMARTS) is 1. The standard InChI is InChI=1S/C20H33N9O7/c21-4-2-1-3-12(27-17(32)11(22)6-15(23)30)18(33)28-13(5-10-8-25-9-26-10)19(34)29-14(20(35)36)7-16(24)31/h8-9,11-14H,1-7,21-22H2,(H2,23,30)(H2,24,31)(H,25,26)(H,27,32)(H,28,33)(H,29,34)(H,35,36). The van der Waals surface area contributed by atoms with Crippen molar-refractivity contribution in [2.75, 3.05) is 6.54 Å². The third-order valence-corrected chi connectivity index (χ3v) is 4.97. The minimum Gasteiger partial charge on any atom is -0.480 e. The van der Waals surface area contributed by atoms with E-state index in [4.69, 9.17) is 22.9 Å². The second-order valence-electron chi connectivity index (χ2n) is 8.03. The molecule has 0 aliphatic heterocycles. The molecule has 1 aromatic rings. The highest BCUT2D eigenvalue weighted by molar-refractivity contribution is 5.95. The second-order valence-corrected chi connectivity index (χ2v) is 8.03. The highest BCUT2D eigenvalue weighted by Crippen LogP contribution is 2.06. The van der Waals surface area contributed by atoms with Gasteiger partial charge in [0.25, 0.3) is 0 Å². The molecule has 4 unspecified atom stereocenters. The first-order valence-electron chi connectivity index (χ1n) is 11.1. The first-order valence-corrected chi connectivity index (χ1v) is 11.1. The lowest BCUT2D eigenvalue weighted by Gasteiger charge is -2.25. The Balaban J connectivity index is 3.07. The number of H-pyrrole nitrogens is 1. The lowest BCUT2D eigenvalue weighted by Crippen LogP contribution is -2.58. The first-order chi connectivity index (χ1) is 16.9. The molecule has 1 aromatic heterocycles. The monoisotopic (exact) mass is 511 g/mol. The van der Waals surface area contributed by atoms with Gasteiger partial charge >= 0.3 is 5.97 Å². The number of nitrogens with one attached hydrogen (secondary N) is 4. The fourth-order valence-corrected chi connectivity index (χ4v) is 3.12. The number of nitrogens with two attached hydrogens (primary N) is 4. The summed E-state index contributed by atoms with van der Waals surface area (Å²) in [4.78, 5) is 78.6. The van der Waals surface area contributed by atoms with Gasteiger partial charge in [-0.1, -0.05) is 0 Å². The Labute approximate surface area is 206 Å². The van der Waals surface area contributed by atoms with Crippen molar-refractivity contribution in [3.05, 3.63) is 18.2 Å². The average molecular weight is 512 g/mol. The molecule has 16 heteroatoms. The molecule has 36 heavy (non-hydrogen) atoms. The normalized spacial score (nSPS) is 14.1. The zero-order valence-electron chi connectivity index (χ0n) is 19.6. The summed E-state index contributed by atoms with van der Waals surface area (Å²) in [6, 6.07) is -5.38. The van der Waals surface area contributed by atoms with E-state index in [1.54, 1.807) is 0 Å². The molecule has 5 amide bonds. The number of imidazole rings is 1. The Morgan fingerprint density at radius 1 is 0.889 bits per heavy atom. The quantitative estimate of drug-likeness (QED) is 0.0906. The van der Waals surface area contributed by atoms with Crippen LogP contribution in [0.1, 0.15) is 37.8 Å². The number of carbonyl (C=O) groups is 6. The molecule has 0 bridgehead atoms. The topological polar surface area (TPSA) is 292 Å². The smallest absolute Gasteiger partial charge is 0.326 e. The van der Waals surface area contributed by atoms with E-state index in [2.05, 4.69) is 25.9 Å². The highest BCUT2D eigenvalue weighted by atomic mass is 16.4. The van der Waals surface area contributed by atoms with Crippen molar-refractivity contribution in [2.45, 2.75) is 62.7 Å². The van der Waals surface area contributed by atoms with Crippen molar-refractivity contribution in [3.63, 3.8) is 0 Å². The summed E-state index contributed by atoms with van der Waals surface area (Å²) in [5.41, 5.74) is 21.7. The van der Waals surface area contributed by atoms with Gasteiger partial charge < -0.3 is 49.0 Å². The van der Waals surface area contributed by atoms with Gasteiger partial charge in [0.1, 0.15) is 18.1 Å². The lowest BCUT2D eigenvalue weighted by molar-refractivity contribution is -0.143. The highest BCUT2D eigenvalue weighted by Gasteiger charge is 2.31. The third kappa shape index (κ3) is 10.9. The molecule has 4 atom stereocenters. The van der Waals surface area contributed by atoms with E-state index in [0.29, 0.717) is 25.1 Å². The number of amides is 5. The van der Waals surface area contributed by atoms with Gasteiger partial charge in [-0.15, -0.1) is 0 Å². The van der Waals surface area contributed by atoms with Gasteiger partial charge in [0, 0.05) is 18.3 Å². The summed E-state index contributed by atoms with van der Waals surface area (Å²) < 4.78 is 0. The first kappa shape index (κ1) is 30.0. The van der Waals surface area contributed by atoms with E-state index < -0.39 is 72.5 Å². The van der Waals surface area contributed by atoms with Crippen LogP contribution in [0.15, 0.2) is 12.5 Å². The maximum absolute atomic E-state index is 13.1. The van der Waals surface area contributed by atoms with Crippen molar-refractivity contribution in [1.29, 1.82) is 0 Å². The fraction of sp³-hybridized carbons (Fsp3) is 0.550. The Morgan fingerprint density at radius 2 is 1.47 bits per heavy atom. The van der Waals surface area contributed by atoms with E-state index in [9.17, 15) is 33.9 Å². The van der Waals surface area contributed by atoms with Crippen molar-refractivity contribution < 1.29 is 33.9 Å². The van der Waals surface area contributed by atoms with Crippen LogP contribution in [-0.2, 0) is 35.2 Å². The number of aliphatic carboxylic acids is 1. The number of carbonyl (C=O) groups excluding carboxylic acids is 5. The molecule has 0 spiro atoms. The summed E-state index contributed by atoms with van der Waals surface area (Å²) in [5, 5.41) is 16.4. The number of rotatable bonds is 17. The molecule has 16 nitrogen and oxygen atoms in total. The van der Waals surface area contributed by atoms with Crippen molar-refractivity contribution >= 4 is 35.5 Å². The van der Waals surface area contributed by atoms with E-state index >= 15 is 0 Å². The van der Waals surface area contributed by atoms with Gasteiger partial charge in [-0.2, -0.15) is 0 Å². The molecule has 0 fully saturated rings. The van der Waals surface area contributed by atoms with Crippen LogP contribution in [-0.4, -0.2) is 81.3 Å².